The van der Waals surface area contributed by atoms with Gasteiger partial charge in [-0.3, -0.25) is 9.89 Å². The van der Waals surface area contributed by atoms with E-state index < -0.39 is 0 Å². The molecule has 1 atom stereocenters. The number of hydrogen-bond acceptors (Lipinski definition) is 3. The molecule has 2 aromatic carbocycles. The van der Waals surface area contributed by atoms with Gasteiger partial charge in [-0.25, -0.2) is 4.98 Å². The zero-order valence-electron chi connectivity index (χ0n) is 17.7. The zero-order valence-corrected chi connectivity index (χ0v) is 17.7. The quantitative estimate of drug-likeness (QED) is 0.386. The van der Waals surface area contributed by atoms with Crippen LogP contribution in [0.3, 0.4) is 0 Å². The second kappa shape index (κ2) is 10.6. The Labute approximate surface area is 173 Å². The summed E-state index contributed by atoms with van der Waals surface area (Å²) in [6, 6.07) is 19.2. The average molecular weight is 393 g/mol. The Balaban J connectivity index is 1.36. The fourth-order valence-electron chi connectivity index (χ4n) is 3.29. The van der Waals surface area contributed by atoms with Crippen molar-refractivity contribution in [1.29, 1.82) is 0 Å². The highest BCUT2D eigenvalue weighted by Crippen LogP contribution is 2.10. The molecule has 154 valence electrons. The molecule has 3 rings (SSSR count). The predicted molar refractivity (Wildman–Crippen MR) is 121 cm³/mol. The first-order valence-electron chi connectivity index (χ1n) is 10.3. The summed E-state index contributed by atoms with van der Waals surface area (Å²) in [4.78, 5) is 14.7. The third-order valence-corrected chi connectivity index (χ3v) is 5.20. The molecule has 0 fully saturated rings. The average Bonchev–Trinajstić information content (AvgIpc) is 3.16. The summed E-state index contributed by atoms with van der Waals surface area (Å²) in [6.07, 6.45) is 1.87. The summed E-state index contributed by atoms with van der Waals surface area (Å²) in [5.74, 6) is 1.82. The van der Waals surface area contributed by atoms with Gasteiger partial charge in [-0.1, -0.05) is 42.5 Å². The van der Waals surface area contributed by atoms with Crippen LogP contribution < -0.4 is 10.6 Å². The summed E-state index contributed by atoms with van der Waals surface area (Å²) in [5, 5.41) is 6.78. The lowest BCUT2D eigenvalue weighted by Gasteiger charge is -2.25. The molecular weight excluding hydrogens is 360 g/mol. The Morgan fingerprint density at radius 3 is 2.55 bits per heavy atom. The first-order chi connectivity index (χ1) is 14.2. The Kier molecular flexibility index (Phi) is 7.64. The number of aromatic amines is 1. The highest BCUT2D eigenvalue weighted by atomic mass is 15.2. The largest absolute Gasteiger partial charge is 0.356 e. The van der Waals surface area contributed by atoms with Crippen molar-refractivity contribution in [3.63, 3.8) is 0 Å². The van der Waals surface area contributed by atoms with E-state index >= 15 is 0 Å². The SMILES string of the molecule is CN=C(NCCc1nc2ccccc2[nH]1)NCCC(C)N(C)Cc1ccccc1. The number of rotatable bonds is 9. The van der Waals surface area contributed by atoms with E-state index in [1.54, 1.807) is 0 Å². The van der Waals surface area contributed by atoms with Crippen molar-refractivity contribution in [2.45, 2.75) is 32.4 Å². The maximum Gasteiger partial charge on any atom is 0.190 e. The number of guanidine groups is 1. The molecule has 0 aliphatic heterocycles. The Morgan fingerprint density at radius 1 is 1.07 bits per heavy atom. The molecule has 0 amide bonds. The highest BCUT2D eigenvalue weighted by Gasteiger charge is 2.10. The van der Waals surface area contributed by atoms with Crippen molar-refractivity contribution in [2.75, 3.05) is 27.2 Å². The molecule has 1 heterocycles. The monoisotopic (exact) mass is 392 g/mol. The van der Waals surface area contributed by atoms with E-state index in [9.17, 15) is 0 Å². The predicted octanol–water partition coefficient (Wildman–Crippen LogP) is 3.18. The van der Waals surface area contributed by atoms with Crippen LogP contribution >= 0.6 is 0 Å². The molecule has 1 aromatic heterocycles. The number of H-pyrrole nitrogens is 1. The van der Waals surface area contributed by atoms with Crippen LogP contribution in [0.4, 0.5) is 0 Å². The standard InChI is InChI=1S/C23H32N6/c1-18(29(3)17-19-9-5-4-6-10-19)13-15-25-23(24-2)26-16-14-22-27-20-11-7-8-12-21(20)28-22/h4-12,18H,13-17H2,1-3H3,(H,27,28)(H2,24,25,26). The van der Waals surface area contributed by atoms with Crippen molar-refractivity contribution in [3.05, 3.63) is 66.0 Å². The van der Waals surface area contributed by atoms with E-state index in [1.165, 1.54) is 5.56 Å². The van der Waals surface area contributed by atoms with Gasteiger partial charge in [0, 0.05) is 39.1 Å². The first-order valence-corrected chi connectivity index (χ1v) is 10.3. The molecule has 0 spiro atoms. The van der Waals surface area contributed by atoms with Gasteiger partial charge in [0.15, 0.2) is 5.96 Å². The number of fused-ring (bicyclic) bond motifs is 1. The van der Waals surface area contributed by atoms with Crippen LogP contribution in [-0.2, 0) is 13.0 Å². The molecule has 3 N–H and O–H groups in total. The van der Waals surface area contributed by atoms with E-state index in [0.717, 1.165) is 55.3 Å². The van der Waals surface area contributed by atoms with Crippen molar-refractivity contribution in [2.24, 2.45) is 4.99 Å². The molecule has 0 aliphatic rings. The van der Waals surface area contributed by atoms with Crippen molar-refractivity contribution >= 4 is 17.0 Å². The Morgan fingerprint density at radius 2 is 1.79 bits per heavy atom. The molecule has 0 saturated heterocycles. The zero-order chi connectivity index (χ0) is 20.5. The minimum atomic E-state index is 0.483. The maximum absolute atomic E-state index is 4.61. The lowest BCUT2D eigenvalue weighted by Crippen LogP contribution is -2.40. The van der Waals surface area contributed by atoms with Crippen LogP contribution in [0.15, 0.2) is 59.6 Å². The highest BCUT2D eigenvalue weighted by molar-refractivity contribution is 5.79. The molecule has 0 aliphatic carbocycles. The van der Waals surface area contributed by atoms with Gasteiger partial charge >= 0.3 is 0 Å². The first kappa shape index (κ1) is 20.9. The lowest BCUT2D eigenvalue weighted by molar-refractivity contribution is 0.238. The van der Waals surface area contributed by atoms with Gasteiger partial charge in [0.2, 0.25) is 0 Å². The normalized spacial score (nSPS) is 13.0. The van der Waals surface area contributed by atoms with Crippen molar-refractivity contribution in [3.8, 4) is 0 Å². The molecule has 29 heavy (non-hydrogen) atoms. The number of aliphatic imine (C=N–C) groups is 1. The topological polar surface area (TPSA) is 68.3 Å². The second-order valence-electron chi connectivity index (χ2n) is 7.41. The van der Waals surface area contributed by atoms with E-state index in [-0.39, 0.29) is 0 Å². The minimum Gasteiger partial charge on any atom is -0.356 e. The number of aromatic nitrogens is 2. The van der Waals surface area contributed by atoms with Gasteiger partial charge in [0.1, 0.15) is 5.82 Å². The number of para-hydroxylation sites is 2. The third-order valence-electron chi connectivity index (χ3n) is 5.20. The third kappa shape index (κ3) is 6.32. The fourth-order valence-corrected chi connectivity index (χ4v) is 3.29. The Bertz CT molecular complexity index is 869. The molecular formula is C23H32N6. The van der Waals surface area contributed by atoms with Crippen LogP contribution in [0.1, 0.15) is 24.7 Å². The molecule has 0 bridgehead atoms. The number of benzene rings is 2. The van der Waals surface area contributed by atoms with Crippen LogP contribution in [0, 0.1) is 0 Å². The summed E-state index contributed by atoms with van der Waals surface area (Å²) in [5.41, 5.74) is 3.44. The summed E-state index contributed by atoms with van der Waals surface area (Å²) >= 11 is 0. The van der Waals surface area contributed by atoms with E-state index in [2.05, 4.69) is 80.9 Å². The number of imidazole rings is 1. The Hall–Kier alpha value is -2.86. The van der Waals surface area contributed by atoms with Crippen molar-refractivity contribution in [1.82, 2.24) is 25.5 Å². The lowest BCUT2D eigenvalue weighted by atomic mass is 10.1. The van der Waals surface area contributed by atoms with Gasteiger partial charge in [-0.2, -0.15) is 0 Å². The number of nitrogens with one attached hydrogen (secondary N) is 3. The molecule has 3 aromatic rings. The number of nitrogens with zero attached hydrogens (tertiary/aromatic N) is 3. The van der Waals surface area contributed by atoms with Crippen LogP contribution in [0.5, 0.6) is 0 Å². The van der Waals surface area contributed by atoms with E-state index in [0.29, 0.717) is 6.04 Å². The second-order valence-corrected chi connectivity index (χ2v) is 7.41. The molecule has 1 unspecified atom stereocenters. The van der Waals surface area contributed by atoms with Crippen LogP contribution in [0.2, 0.25) is 0 Å². The van der Waals surface area contributed by atoms with E-state index in [4.69, 9.17) is 0 Å². The summed E-state index contributed by atoms with van der Waals surface area (Å²) in [6.45, 7) is 4.89. The van der Waals surface area contributed by atoms with Gasteiger partial charge in [-0.15, -0.1) is 0 Å². The molecule has 0 saturated carbocycles. The summed E-state index contributed by atoms with van der Waals surface area (Å²) < 4.78 is 0. The van der Waals surface area contributed by atoms with E-state index in [1.807, 2.05) is 25.2 Å². The number of hydrogen-bond donors (Lipinski definition) is 3. The van der Waals surface area contributed by atoms with Crippen LogP contribution in [0.25, 0.3) is 11.0 Å². The van der Waals surface area contributed by atoms with Gasteiger partial charge < -0.3 is 15.6 Å². The van der Waals surface area contributed by atoms with Gasteiger partial charge in [0.25, 0.3) is 0 Å². The fraction of sp³-hybridized carbons (Fsp3) is 0.391. The maximum atomic E-state index is 4.61. The van der Waals surface area contributed by atoms with Gasteiger partial charge in [0.05, 0.1) is 11.0 Å². The summed E-state index contributed by atoms with van der Waals surface area (Å²) in [7, 11) is 3.99. The molecule has 0 radical (unpaired) electrons. The van der Waals surface area contributed by atoms with Crippen molar-refractivity contribution < 1.29 is 0 Å². The molecule has 6 nitrogen and oxygen atoms in total. The smallest absolute Gasteiger partial charge is 0.190 e. The minimum absolute atomic E-state index is 0.483. The van der Waals surface area contributed by atoms with Gasteiger partial charge in [-0.05, 0) is 38.1 Å². The molecule has 6 heteroatoms. The van der Waals surface area contributed by atoms with Crippen LogP contribution in [-0.4, -0.2) is 54.1 Å².